The Hall–Kier alpha value is -1.28. The van der Waals surface area contributed by atoms with Crippen molar-refractivity contribution in [1.29, 1.82) is 0 Å². The molecule has 0 amide bonds. The second kappa shape index (κ2) is 5.56. The average Bonchev–Trinajstić information content (AvgIpc) is 2.20. The fourth-order valence-electron chi connectivity index (χ4n) is 1.20. The number of ether oxygens (including phenoxy) is 1. The van der Waals surface area contributed by atoms with Crippen molar-refractivity contribution in [2.45, 2.75) is 13.8 Å². The number of hydrogen-bond acceptors (Lipinski definition) is 2. The molecule has 15 heavy (non-hydrogen) atoms. The van der Waals surface area contributed by atoms with Crippen molar-refractivity contribution in [1.82, 2.24) is 0 Å². The molecule has 0 spiro atoms. The third kappa shape index (κ3) is 3.40. The van der Waals surface area contributed by atoms with Gasteiger partial charge in [0.05, 0.1) is 0 Å². The van der Waals surface area contributed by atoms with Crippen LogP contribution in [0.4, 0.5) is 0 Å². The van der Waals surface area contributed by atoms with Gasteiger partial charge < -0.3 is 4.74 Å². The van der Waals surface area contributed by atoms with Gasteiger partial charge in [-0.3, -0.25) is 4.79 Å². The van der Waals surface area contributed by atoms with Crippen LogP contribution in [0.5, 0.6) is 5.75 Å². The lowest BCUT2D eigenvalue weighted by molar-refractivity contribution is 0.101. The molecule has 1 rings (SSSR count). The minimum atomic E-state index is 0.0605. The molecule has 0 bridgehead atoms. The van der Waals surface area contributed by atoms with Crippen LogP contribution >= 0.6 is 11.6 Å². The fraction of sp³-hybridized carbons (Fsp3) is 0.250. The number of rotatable bonds is 4. The lowest BCUT2D eigenvalue weighted by Crippen LogP contribution is -1.98. The molecule has 0 atom stereocenters. The van der Waals surface area contributed by atoms with E-state index in [0.29, 0.717) is 12.2 Å². The maximum atomic E-state index is 11.1. The molecule has 80 valence electrons. The Balaban J connectivity index is 2.79. The van der Waals surface area contributed by atoms with Crippen molar-refractivity contribution in [3.8, 4) is 5.75 Å². The summed E-state index contributed by atoms with van der Waals surface area (Å²) < 4.78 is 5.43. The number of aryl methyl sites for hydroxylation is 1. The molecule has 0 saturated heterocycles. The third-order valence-corrected chi connectivity index (χ3v) is 2.18. The Morgan fingerprint density at radius 3 is 2.80 bits per heavy atom. The summed E-state index contributed by atoms with van der Waals surface area (Å²) in [6, 6.07) is 5.38. The van der Waals surface area contributed by atoms with E-state index in [1.165, 1.54) is 5.54 Å². The zero-order chi connectivity index (χ0) is 11.3. The summed E-state index contributed by atoms with van der Waals surface area (Å²) in [6.07, 6.45) is 1.71. The number of carbonyl (C=O) groups is 1. The van der Waals surface area contributed by atoms with Crippen molar-refractivity contribution in [3.05, 3.63) is 40.9 Å². The van der Waals surface area contributed by atoms with E-state index in [2.05, 4.69) is 0 Å². The standard InChI is InChI=1S/C12H13ClO2/c1-9-8-11(10(2)14)4-5-12(9)15-7-3-6-13/h3-6,8H,7H2,1-2H3/b6-3+. The highest BCUT2D eigenvalue weighted by atomic mass is 35.5. The van der Waals surface area contributed by atoms with Crippen molar-refractivity contribution < 1.29 is 9.53 Å². The smallest absolute Gasteiger partial charge is 0.159 e. The Morgan fingerprint density at radius 2 is 2.27 bits per heavy atom. The molecule has 0 N–H and O–H groups in total. The van der Waals surface area contributed by atoms with Crippen LogP contribution in [-0.2, 0) is 0 Å². The number of benzene rings is 1. The first-order valence-corrected chi connectivity index (χ1v) is 5.08. The second-order valence-corrected chi connectivity index (χ2v) is 3.46. The molecule has 0 aliphatic carbocycles. The SMILES string of the molecule is CC(=O)c1ccc(OC/C=C/Cl)c(C)c1. The Morgan fingerprint density at radius 1 is 1.53 bits per heavy atom. The fourth-order valence-corrected chi connectivity index (χ4v) is 1.28. The molecule has 0 heterocycles. The van der Waals surface area contributed by atoms with Gasteiger partial charge in [0.2, 0.25) is 0 Å². The number of hydrogen-bond donors (Lipinski definition) is 0. The van der Waals surface area contributed by atoms with Crippen molar-refractivity contribution in [2.24, 2.45) is 0 Å². The van der Waals surface area contributed by atoms with Crippen LogP contribution in [0.25, 0.3) is 0 Å². The van der Waals surface area contributed by atoms with E-state index >= 15 is 0 Å². The summed E-state index contributed by atoms with van der Waals surface area (Å²) in [4.78, 5) is 11.1. The minimum Gasteiger partial charge on any atom is -0.489 e. The van der Waals surface area contributed by atoms with Crippen LogP contribution in [0.3, 0.4) is 0 Å². The monoisotopic (exact) mass is 224 g/mol. The molecule has 0 fully saturated rings. The van der Waals surface area contributed by atoms with Gasteiger partial charge >= 0.3 is 0 Å². The highest BCUT2D eigenvalue weighted by molar-refractivity contribution is 6.25. The summed E-state index contributed by atoms with van der Waals surface area (Å²) in [5, 5.41) is 0. The molecule has 0 saturated carbocycles. The molecule has 0 aliphatic rings. The third-order valence-electron chi connectivity index (χ3n) is 2.01. The normalized spacial score (nSPS) is 10.6. The number of carbonyl (C=O) groups excluding carboxylic acids is 1. The molecule has 0 unspecified atom stereocenters. The zero-order valence-electron chi connectivity index (χ0n) is 8.79. The topological polar surface area (TPSA) is 26.3 Å². The summed E-state index contributed by atoms with van der Waals surface area (Å²) in [6.45, 7) is 3.89. The van der Waals surface area contributed by atoms with Crippen molar-refractivity contribution in [2.75, 3.05) is 6.61 Å². The van der Waals surface area contributed by atoms with Crippen LogP contribution < -0.4 is 4.74 Å². The molecule has 1 aromatic rings. The summed E-state index contributed by atoms with van der Waals surface area (Å²) in [5.74, 6) is 0.833. The second-order valence-electron chi connectivity index (χ2n) is 3.21. The molecule has 0 radical (unpaired) electrons. The van der Waals surface area contributed by atoms with Gasteiger partial charge in [-0.15, -0.1) is 0 Å². The molecule has 3 heteroatoms. The van der Waals surface area contributed by atoms with Crippen LogP contribution in [0.15, 0.2) is 29.8 Å². The number of Topliss-reactive ketones (excluding diaryl/α,β-unsaturated/α-hetero) is 1. The summed E-state index contributed by atoms with van der Waals surface area (Å²) in [5.41, 5.74) is 3.07. The van der Waals surface area contributed by atoms with Gasteiger partial charge in [0.1, 0.15) is 12.4 Å². The van der Waals surface area contributed by atoms with Crippen LogP contribution in [0.1, 0.15) is 22.8 Å². The molecule has 2 nitrogen and oxygen atoms in total. The maximum absolute atomic E-state index is 11.1. The van der Waals surface area contributed by atoms with Crippen LogP contribution in [-0.4, -0.2) is 12.4 Å². The largest absolute Gasteiger partial charge is 0.489 e. The van der Waals surface area contributed by atoms with E-state index in [1.54, 1.807) is 25.1 Å². The highest BCUT2D eigenvalue weighted by Gasteiger charge is 2.03. The first-order chi connectivity index (χ1) is 7.15. The Labute approximate surface area is 94.5 Å². The van der Waals surface area contributed by atoms with Gasteiger partial charge in [-0.1, -0.05) is 11.6 Å². The summed E-state index contributed by atoms with van der Waals surface area (Å²) in [7, 11) is 0. The maximum Gasteiger partial charge on any atom is 0.159 e. The quantitative estimate of drug-likeness (QED) is 0.734. The highest BCUT2D eigenvalue weighted by Crippen LogP contribution is 2.19. The van der Waals surface area contributed by atoms with Gasteiger partial charge in [0.25, 0.3) is 0 Å². The number of ketones is 1. The molecular weight excluding hydrogens is 212 g/mol. The van der Waals surface area contributed by atoms with E-state index in [9.17, 15) is 4.79 Å². The van der Waals surface area contributed by atoms with E-state index in [4.69, 9.17) is 16.3 Å². The van der Waals surface area contributed by atoms with Crippen molar-refractivity contribution >= 4 is 17.4 Å². The molecular formula is C12H13ClO2. The first-order valence-electron chi connectivity index (χ1n) is 4.64. The van der Waals surface area contributed by atoms with Crippen LogP contribution in [0, 0.1) is 6.92 Å². The Kier molecular flexibility index (Phi) is 4.37. The lowest BCUT2D eigenvalue weighted by atomic mass is 10.1. The molecule has 0 aromatic heterocycles. The predicted octanol–water partition coefficient (Wildman–Crippen LogP) is 3.33. The summed E-state index contributed by atoms with van der Waals surface area (Å²) >= 11 is 5.37. The van der Waals surface area contributed by atoms with Crippen molar-refractivity contribution in [3.63, 3.8) is 0 Å². The minimum absolute atomic E-state index is 0.0605. The first kappa shape index (κ1) is 11.8. The Bertz CT molecular complexity index is 383. The lowest BCUT2D eigenvalue weighted by Gasteiger charge is -2.07. The zero-order valence-corrected chi connectivity index (χ0v) is 9.54. The van der Waals surface area contributed by atoms with Gasteiger partial charge in [-0.2, -0.15) is 0 Å². The molecule has 1 aromatic carbocycles. The van der Waals surface area contributed by atoms with Gasteiger partial charge in [-0.05, 0) is 43.7 Å². The molecule has 0 aliphatic heterocycles. The van der Waals surface area contributed by atoms with Crippen LogP contribution in [0.2, 0.25) is 0 Å². The van der Waals surface area contributed by atoms with Gasteiger partial charge in [0, 0.05) is 11.1 Å². The number of halogens is 1. The predicted molar refractivity (Wildman–Crippen MR) is 61.7 cm³/mol. The van der Waals surface area contributed by atoms with Gasteiger partial charge in [-0.25, -0.2) is 0 Å². The van der Waals surface area contributed by atoms with E-state index in [-0.39, 0.29) is 5.78 Å². The average molecular weight is 225 g/mol. The van der Waals surface area contributed by atoms with E-state index < -0.39 is 0 Å². The van der Waals surface area contributed by atoms with Gasteiger partial charge in [0.15, 0.2) is 5.78 Å². The van der Waals surface area contributed by atoms with E-state index in [0.717, 1.165) is 11.3 Å². The van der Waals surface area contributed by atoms with E-state index in [1.807, 2.05) is 13.0 Å².